The molecule has 0 bridgehead atoms. The Hall–Kier alpha value is -1.95. The molecule has 1 saturated heterocycles. The normalized spacial score (nSPS) is 19.2. The Labute approximate surface area is 122 Å². The van der Waals surface area contributed by atoms with Crippen LogP contribution in [0.1, 0.15) is 23.2 Å². The molecule has 1 atom stereocenters. The maximum absolute atomic E-state index is 12.8. The smallest absolute Gasteiger partial charge is 0.307 e. The van der Waals surface area contributed by atoms with Crippen LogP contribution in [0.2, 0.25) is 0 Å². The van der Waals surface area contributed by atoms with Gasteiger partial charge in [-0.15, -0.1) is 0 Å². The van der Waals surface area contributed by atoms with Gasteiger partial charge in [0, 0.05) is 25.2 Å². The molecule has 1 aliphatic rings. The highest BCUT2D eigenvalue weighted by Gasteiger charge is 2.24. The summed E-state index contributed by atoms with van der Waals surface area (Å²) in [6, 6.07) is 5.37. The number of aliphatic carboxylic acids is 1. The first-order valence-electron chi connectivity index (χ1n) is 7.05. The van der Waals surface area contributed by atoms with Gasteiger partial charge in [-0.2, -0.15) is 0 Å². The van der Waals surface area contributed by atoms with Gasteiger partial charge >= 0.3 is 5.97 Å². The van der Waals surface area contributed by atoms with Crippen molar-refractivity contribution in [2.24, 2.45) is 5.92 Å². The zero-order valence-corrected chi connectivity index (χ0v) is 11.7. The van der Waals surface area contributed by atoms with Crippen LogP contribution in [0.15, 0.2) is 24.3 Å². The Kier molecular flexibility index (Phi) is 5.27. The number of nitrogens with zero attached hydrogens (tertiary/aromatic N) is 1. The van der Waals surface area contributed by atoms with Crippen molar-refractivity contribution in [1.82, 2.24) is 10.2 Å². The predicted molar refractivity (Wildman–Crippen MR) is 75.5 cm³/mol. The monoisotopic (exact) mass is 294 g/mol. The van der Waals surface area contributed by atoms with Crippen LogP contribution in [-0.2, 0) is 4.79 Å². The van der Waals surface area contributed by atoms with E-state index in [1.54, 1.807) is 0 Å². The van der Waals surface area contributed by atoms with Crippen LogP contribution in [0.25, 0.3) is 0 Å². The lowest BCUT2D eigenvalue weighted by molar-refractivity contribution is -0.143. The lowest BCUT2D eigenvalue weighted by Gasteiger charge is -2.30. The number of nitrogens with one attached hydrogen (secondary N) is 1. The average molecular weight is 294 g/mol. The lowest BCUT2D eigenvalue weighted by Crippen LogP contribution is -2.42. The Morgan fingerprint density at radius 2 is 2.05 bits per heavy atom. The van der Waals surface area contributed by atoms with Crippen molar-refractivity contribution in [1.29, 1.82) is 0 Å². The van der Waals surface area contributed by atoms with E-state index in [-0.39, 0.29) is 17.6 Å². The highest BCUT2D eigenvalue weighted by molar-refractivity contribution is 5.94. The summed E-state index contributed by atoms with van der Waals surface area (Å²) < 4.78 is 12.8. The van der Waals surface area contributed by atoms with Gasteiger partial charge in [0.1, 0.15) is 5.82 Å². The standard InChI is InChI=1S/C15H19FN2O3/c16-13-5-3-11(4-6-13)14(19)17-7-9-18-8-1-2-12(10-18)15(20)21/h3-6,12H,1-2,7-10H2,(H,17,19)(H,20,21). The molecule has 6 heteroatoms. The van der Waals surface area contributed by atoms with E-state index in [2.05, 4.69) is 5.32 Å². The first kappa shape index (κ1) is 15.4. The van der Waals surface area contributed by atoms with Gasteiger partial charge < -0.3 is 15.3 Å². The first-order valence-corrected chi connectivity index (χ1v) is 7.05. The lowest BCUT2D eigenvalue weighted by atomic mass is 9.98. The molecular weight excluding hydrogens is 275 g/mol. The van der Waals surface area contributed by atoms with Gasteiger partial charge in [-0.1, -0.05) is 0 Å². The molecule has 0 spiro atoms. The second kappa shape index (κ2) is 7.17. The summed E-state index contributed by atoms with van der Waals surface area (Å²) in [6.07, 6.45) is 1.58. The topological polar surface area (TPSA) is 69.6 Å². The molecule has 2 N–H and O–H groups in total. The fraction of sp³-hybridized carbons (Fsp3) is 0.467. The Balaban J connectivity index is 1.75. The minimum absolute atomic E-state index is 0.248. The molecule has 1 aliphatic heterocycles. The van der Waals surface area contributed by atoms with Gasteiger partial charge in [0.25, 0.3) is 5.91 Å². The van der Waals surface area contributed by atoms with Crippen LogP contribution in [0.3, 0.4) is 0 Å². The highest BCUT2D eigenvalue weighted by atomic mass is 19.1. The van der Waals surface area contributed by atoms with Crippen LogP contribution in [0.5, 0.6) is 0 Å². The Morgan fingerprint density at radius 3 is 2.71 bits per heavy atom. The SMILES string of the molecule is O=C(NCCN1CCCC(C(=O)O)C1)c1ccc(F)cc1. The number of carbonyl (C=O) groups is 2. The van der Waals surface area contributed by atoms with E-state index in [1.165, 1.54) is 24.3 Å². The molecule has 2 rings (SSSR count). The minimum atomic E-state index is -0.755. The van der Waals surface area contributed by atoms with Crippen LogP contribution in [0, 0.1) is 11.7 Å². The zero-order valence-electron chi connectivity index (χ0n) is 11.7. The fourth-order valence-electron chi connectivity index (χ4n) is 2.49. The largest absolute Gasteiger partial charge is 0.481 e. The number of rotatable bonds is 5. The van der Waals surface area contributed by atoms with E-state index < -0.39 is 5.97 Å². The summed E-state index contributed by atoms with van der Waals surface area (Å²) in [4.78, 5) is 24.8. The van der Waals surface area contributed by atoms with Crippen LogP contribution >= 0.6 is 0 Å². The van der Waals surface area contributed by atoms with Crippen LogP contribution in [0.4, 0.5) is 4.39 Å². The van der Waals surface area contributed by atoms with Gasteiger partial charge in [-0.3, -0.25) is 9.59 Å². The third-order valence-electron chi connectivity index (χ3n) is 3.67. The van der Waals surface area contributed by atoms with E-state index >= 15 is 0 Å². The summed E-state index contributed by atoms with van der Waals surface area (Å²) in [7, 11) is 0. The molecule has 0 radical (unpaired) electrons. The summed E-state index contributed by atoms with van der Waals surface area (Å²) >= 11 is 0. The Morgan fingerprint density at radius 1 is 1.33 bits per heavy atom. The van der Waals surface area contributed by atoms with Gasteiger partial charge in [0.15, 0.2) is 0 Å². The van der Waals surface area contributed by atoms with Gasteiger partial charge in [-0.25, -0.2) is 4.39 Å². The second-order valence-electron chi connectivity index (χ2n) is 5.24. The van der Waals surface area contributed by atoms with Crippen LogP contribution in [-0.4, -0.2) is 48.1 Å². The number of likely N-dealkylation sites (tertiary alicyclic amines) is 1. The summed E-state index contributed by atoms with van der Waals surface area (Å²) in [5.74, 6) is -1.69. The quantitative estimate of drug-likeness (QED) is 0.860. The van der Waals surface area contributed by atoms with Crippen molar-refractivity contribution in [3.63, 3.8) is 0 Å². The second-order valence-corrected chi connectivity index (χ2v) is 5.24. The molecule has 1 amide bonds. The van der Waals surface area contributed by atoms with Crippen molar-refractivity contribution in [2.45, 2.75) is 12.8 Å². The number of piperidine rings is 1. The molecule has 1 heterocycles. The van der Waals surface area contributed by atoms with Gasteiger partial charge in [-0.05, 0) is 43.7 Å². The van der Waals surface area contributed by atoms with Crippen molar-refractivity contribution >= 4 is 11.9 Å². The van der Waals surface area contributed by atoms with Crippen molar-refractivity contribution in [3.8, 4) is 0 Å². The number of amides is 1. The van der Waals surface area contributed by atoms with Crippen molar-refractivity contribution in [2.75, 3.05) is 26.2 Å². The summed E-state index contributed by atoms with van der Waals surface area (Å²) in [5.41, 5.74) is 0.415. The van der Waals surface area contributed by atoms with E-state index in [4.69, 9.17) is 5.11 Å². The molecule has 1 fully saturated rings. The molecule has 1 aromatic carbocycles. The minimum Gasteiger partial charge on any atom is -0.481 e. The van der Waals surface area contributed by atoms with E-state index in [1.807, 2.05) is 4.90 Å². The molecule has 21 heavy (non-hydrogen) atoms. The number of hydrogen-bond donors (Lipinski definition) is 2. The van der Waals surface area contributed by atoms with E-state index in [0.29, 0.717) is 31.6 Å². The molecule has 1 unspecified atom stereocenters. The predicted octanol–water partition coefficient (Wildman–Crippen LogP) is 1.35. The molecule has 0 aliphatic carbocycles. The summed E-state index contributed by atoms with van der Waals surface area (Å²) in [6.45, 7) is 2.46. The molecule has 114 valence electrons. The molecule has 1 aromatic rings. The van der Waals surface area contributed by atoms with E-state index in [9.17, 15) is 14.0 Å². The molecule has 5 nitrogen and oxygen atoms in total. The number of carbonyl (C=O) groups excluding carboxylic acids is 1. The van der Waals surface area contributed by atoms with Gasteiger partial charge in [0.2, 0.25) is 0 Å². The third kappa shape index (κ3) is 4.53. The fourth-order valence-corrected chi connectivity index (χ4v) is 2.49. The first-order chi connectivity index (χ1) is 10.1. The van der Waals surface area contributed by atoms with Crippen LogP contribution < -0.4 is 5.32 Å². The maximum Gasteiger partial charge on any atom is 0.307 e. The number of halogens is 1. The van der Waals surface area contributed by atoms with Gasteiger partial charge in [0.05, 0.1) is 5.92 Å². The molecule has 0 aromatic heterocycles. The Bertz CT molecular complexity index is 504. The maximum atomic E-state index is 12.8. The van der Waals surface area contributed by atoms with E-state index in [0.717, 1.165) is 13.0 Å². The zero-order chi connectivity index (χ0) is 15.2. The van der Waals surface area contributed by atoms with Crippen molar-refractivity contribution < 1.29 is 19.1 Å². The number of carboxylic acid groups (broad SMARTS) is 1. The third-order valence-corrected chi connectivity index (χ3v) is 3.67. The highest BCUT2D eigenvalue weighted by Crippen LogP contribution is 2.15. The number of carboxylic acids is 1. The molecular formula is C15H19FN2O3. The number of benzene rings is 1. The average Bonchev–Trinajstić information content (AvgIpc) is 2.48. The number of hydrogen-bond acceptors (Lipinski definition) is 3. The summed E-state index contributed by atoms with van der Waals surface area (Å²) in [5, 5.41) is 11.8. The molecule has 0 saturated carbocycles. The van der Waals surface area contributed by atoms with Crippen molar-refractivity contribution in [3.05, 3.63) is 35.6 Å².